The molecule has 0 unspecified atom stereocenters. The minimum absolute atomic E-state index is 0.140. The molecule has 122 valence electrons. The third-order valence-electron chi connectivity index (χ3n) is 3.11. The molecule has 0 aliphatic carbocycles. The molecule has 7 heteroatoms. The molecule has 0 radical (unpaired) electrons. The van der Waals surface area contributed by atoms with Crippen molar-refractivity contribution < 1.29 is 14.3 Å². The largest absolute Gasteiger partial charge is 0.468 e. The van der Waals surface area contributed by atoms with Gasteiger partial charge in [-0.15, -0.1) is 0 Å². The highest BCUT2D eigenvalue weighted by atomic mass is 35.5. The van der Waals surface area contributed by atoms with E-state index in [-0.39, 0.29) is 29.0 Å². The van der Waals surface area contributed by atoms with E-state index in [0.717, 1.165) is 0 Å². The molecule has 1 atom stereocenters. The Bertz CT molecular complexity index is 509. The maximum Gasteiger partial charge on any atom is 0.323 e. The van der Waals surface area contributed by atoms with Crippen molar-refractivity contribution in [2.75, 3.05) is 20.2 Å². The van der Waals surface area contributed by atoms with Gasteiger partial charge in [0.2, 0.25) is 0 Å². The molecule has 2 N–H and O–H groups in total. The van der Waals surface area contributed by atoms with Crippen LogP contribution in [0.5, 0.6) is 0 Å². The number of rotatable bonds is 8. The third kappa shape index (κ3) is 5.99. The Morgan fingerprint density at radius 2 is 2.09 bits per heavy atom. The van der Waals surface area contributed by atoms with Gasteiger partial charge < -0.3 is 15.4 Å². The number of esters is 1. The van der Waals surface area contributed by atoms with Gasteiger partial charge >= 0.3 is 5.97 Å². The topological polar surface area (TPSA) is 80.3 Å². The van der Waals surface area contributed by atoms with Gasteiger partial charge in [0.05, 0.1) is 7.11 Å². The fraction of sp³-hybridized carbons (Fsp3) is 0.533. The number of carbonyl (C=O) groups is 2. The second kappa shape index (κ2) is 9.38. The molecule has 0 saturated carbocycles. The second-order valence-corrected chi connectivity index (χ2v) is 5.56. The molecular formula is C15H22ClN3O3. The molecule has 1 heterocycles. The van der Waals surface area contributed by atoms with Crippen LogP contribution in [0.2, 0.25) is 5.15 Å². The fourth-order valence-electron chi connectivity index (χ4n) is 1.91. The Hall–Kier alpha value is -1.66. The van der Waals surface area contributed by atoms with Crippen LogP contribution in [0.15, 0.2) is 18.3 Å². The number of hydrogen-bond donors (Lipinski definition) is 2. The lowest BCUT2D eigenvalue weighted by atomic mass is 10.0. The summed E-state index contributed by atoms with van der Waals surface area (Å²) in [4.78, 5) is 27.3. The average molecular weight is 328 g/mol. The van der Waals surface area contributed by atoms with Crippen LogP contribution in [0.3, 0.4) is 0 Å². The summed E-state index contributed by atoms with van der Waals surface area (Å²) in [5.74, 6) is -0.329. The first kappa shape index (κ1) is 18.4. The number of pyridine rings is 1. The van der Waals surface area contributed by atoms with Crippen molar-refractivity contribution >= 4 is 23.5 Å². The Kier molecular flexibility index (Phi) is 7.84. The molecule has 1 aromatic rings. The quantitative estimate of drug-likeness (QED) is 0.431. The number of amides is 1. The van der Waals surface area contributed by atoms with Crippen LogP contribution in [-0.4, -0.2) is 43.1 Å². The van der Waals surface area contributed by atoms with E-state index in [1.54, 1.807) is 6.07 Å². The standard InChI is InChI=1S/C15H22ClN3O3/c1-10(2)13(15(21)22-3)18-6-4-7-19-14(20)11-5-8-17-12(16)9-11/h5,8-10,13,18H,4,6-7H2,1-3H3,(H,19,20)/t13-/m0/s1. The zero-order valence-electron chi connectivity index (χ0n) is 13.1. The number of hydrogen-bond acceptors (Lipinski definition) is 5. The van der Waals surface area contributed by atoms with E-state index in [1.165, 1.54) is 19.4 Å². The van der Waals surface area contributed by atoms with Crippen LogP contribution >= 0.6 is 11.6 Å². The number of methoxy groups -OCH3 is 1. The molecule has 22 heavy (non-hydrogen) atoms. The summed E-state index contributed by atoms with van der Waals surface area (Å²) in [5, 5.41) is 6.21. The number of aromatic nitrogens is 1. The SMILES string of the molecule is COC(=O)[C@@H](NCCCNC(=O)c1ccnc(Cl)c1)C(C)C. The van der Waals surface area contributed by atoms with Gasteiger partial charge in [-0.05, 0) is 31.0 Å². The van der Waals surface area contributed by atoms with Crippen LogP contribution in [0.4, 0.5) is 0 Å². The van der Waals surface area contributed by atoms with Crippen LogP contribution < -0.4 is 10.6 Å². The molecule has 1 aromatic heterocycles. The summed E-state index contributed by atoms with van der Waals surface area (Å²) in [6, 6.07) is 2.78. The van der Waals surface area contributed by atoms with Crippen LogP contribution in [0.25, 0.3) is 0 Å². The minimum Gasteiger partial charge on any atom is -0.468 e. The number of halogens is 1. The summed E-state index contributed by atoms with van der Waals surface area (Å²) in [6.07, 6.45) is 2.19. The van der Waals surface area contributed by atoms with Gasteiger partial charge in [-0.1, -0.05) is 25.4 Å². The molecule has 0 aliphatic rings. The van der Waals surface area contributed by atoms with Gasteiger partial charge in [-0.3, -0.25) is 9.59 Å². The highest BCUT2D eigenvalue weighted by molar-refractivity contribution is 6.29. The molecule has 0 aromatic carbocycles. The van der Waals surface area contributed by atoms with E-state index in [2.05, 4.69) is 15.6 Å². The van der Waals surface area contributed by atoms with Crippen molar-refractivity contribution in [2.45, 2.75) is 26.3 Å². The molecule has 0 aliphatic heterocycles. The Balaban J connectivity index is 2.30. The molecule has 1 rings (SSSR count). The molecule has 0 bridgehead atoms. The van der Waals surface area contributed by atoms with Gasteiger partial charge in [0.1, 0.15) is 11.2 Å². The molecule has 0 fully saturated rings. The molecule has 0 spiro atoms. The van der Waals surface area contributed by atoms with Crippen LogP contribution in [0, 0.1) is 5.92 Å². The Morgan fingerprint density at radius 3 is 2.68 bits per heavy atom. The molecule has 0 saturated heterocycles. The Labute approximate surface area is 135 Å². The van der Waals surface area contributed by atoms with Gasteiger partial charge in [-0.25, -0.2) is 4.98 Å². The van der Waals surface area contributed by atoms with Crippen molar-refractivity contribution in [1.82, 2.24) is 15.6 Å². The first-order valence-corrected chi connectivity index (χ1v) is 7.54. The van der Waals surface area contributed by atoms with E-state index >= 15 is 0 Å². The maximum atomic E-state index is 11.9. The highest BCUT2D eigenvalue weighted by Crippen LogP contribution is 2.06. The summed E-state index contributed by atoms with van der Waals surface area (Å²) in [5.41, 5.74) is 0.475. The van der Waals surface area contributed by atoms with Crippen molar-refractivity contribution in [2.24, 2.45) is 5.92 Å². The first-order chi connectivity index (χ1) is 10.5. The number of nitrogens with one attached hydrogen (secondary N) is 2. The summed E-state index contributed by atoms with van der Waals surface area (Å²) in [7, 11) is 1.37. The molecule has 6 nitrogen and oxygen atoms in total. The zero-order chi connectivity index (χ0) is 16.5. The average Bonchev–Trinajstić information content (AvgIpc) is 2.49. The van der Waals surface area contributed by atoms with Gasteiger partial charge in [-0.2, -0.15) is 0 Å². The van der Waals surface area contributed by atoms with Crippen LogP contribution in [0.1, 0.15) is 30.6 Å². The maximum absolute atomic E-state index is 11.9. The third-order valence-corrected chi connectivity index (χ3v) is 3.32. The smallest absolute Gasteiger partial charge is 0.323 e. The van der Waals surface area contributed by atoms with Gasteiger partial charge in [0, 0.05) is 18.3 Å². The van der Waals surface area contributed by atoms with E-state index in [4.69, 9.17) is 16.3 Å². The van der Waals surface area contributed by atoms with Gasteiger partial charge in [0.15, 0.2) is 0 Å². The monoisotopic (exact) mass is 327 g/mol. The number of nitrogens with zero attached hydrogens (tertiary/aromatic N) is 1. The second-order valence-electron chi connectivity index (χ2n) is 5.18. The lowest BCUT2D eigenvalue weighted by molar-refractivity contribution is -0.144. The zero-order valence-corrected chi connectivity index (χ0v) is 13.8. The van der Waals surface area contributed by atoms with Crippen LogP contribution in [-0.2, 0) is 9.53 Å². The van der Waals surface area contributed by atoms with E-state index in [1.807, 2.05) is 13.8 Å². The van der Waals surface area contributed by atoms with Crippen molar-refractivity contribution in [3.8, 4) is 0 Å². The van der Waals surface area contributed by atoms with Crippen molar-refractivity contribution in [3.63, 3.8) is 0 Å². The first-order valence-electron chi connectivity index (χ1n) is 7.16. The van der Waals surface area contributed by atoms with E-state index in [0.29, 0.717) is 25.1 Å². The van der Waals surface area contributed by atoms with Gasteiger partial charge in [0.25, 0.3) is 5.91 Å². The Morgan fingerprint density at radius 1 is 1.36 bits per heavy atom. The van der Waals surface area contributed by atoms with Crippen molar-refractivity contribution in [1.29, 1.82) is 0 Å². The summed E-state index contributed by atoms with van der Waals surface area (Å²) in [6.45, 7) is 5.00. The lowest BCUT2D eigenvalue weighted by Gasteiger charge is -2.19. The number of ether oxygens (including phenoxy) is 1. The van der Waals surface area contributed by atoms with E-state index in [9.17, 15) is 9.59 Å². The number of carbonyl (C=O) groups excluding carboxylic acids is 2. The highest BCUT2D eigenvalue weighted by Gasteiger charge is 2.21. The van der Waals surface area contributed by atoms with Crippen molar-refractivity contribution in [3.05, 3.63) is 29.0 Å². The lowest BCUT2D eigenvalue weighted by Crippen LogP contribution is -2.42. The molecular weight excluding hydrogens is 306 g/mol. The molecule has 1 amide bonds. The predicted molar refractivity (Wildman–Crippen MR) is 84.8 cm³/mol. The van der Waals surface area contributed by atoms with E-state index < -0.39 is 0 Å². The minimum atomic E-state index is -0.334. The predicted octanol–water partition coefficient (Wildman–Crippen LogP) is 1.64. The normalized spacial score (nSPS) is 12.0. The summed E-state index contributed by atoms with van der Waals surface area (Å²) >= 11 is 5.74. The summed E-state index contributed by atoms with van der Waals surface area (Å²) < 4.78 is 4.75. The fourth-order valence-corrected chi connectivity index (χ4v) is 2.09.